The number of hydrogen-bond donors (Lipinski definition) is 0. The second-order valence-corrected chi connectivity index (χ2v) is 5.77. The molecule has 0 radical (unpaired) electrons. The summed E-state index contributed by atoms with van der Waals surface area (Å²) in [5.74, 6) is 1.28. The zero-order chi connectivity index (χ0) is 17.8. The number of benzene rings is 2. The maximum atomic E-state index is 12.2. The van der Waals surface area contributed by atoms with E-state index in [0.717, 1.165) is 16.7 Å². The fourth-order valence-corrected chi connectivity index (χ4v) is 2.70. The van der Waals surface area contributed by atoms with Crippen LogP contribution in [0, 0.1) is 6.92 Å². The van der Waals surface area contributed by atoms with Gasteiger partial charge in [-0.05, 0) is 36.8 Å². The maximum absolute atomic E-state index is 12.2. The molecule has 0 N–H and O–H groups in total. The monoisotopic (exact) mass is 336 g/mol. The van der Waals surface area contributed by atoms with E-state index in [1.165, 1.54) is 10.7 Å². The molecule has 0 fully saturated rings. The van der Waals surface area contributed by atoms with Crippen molar-refractivity contribution in [1.82, 2.24) is 9.78 Å². The van der Waals surface area contributed by atoms with Crippen molar-refractivity contribution in [3.05, 3.63) is 76.1 Å². The van der Waals surface area contributed by atoms with Crippen LogP contribution in [-0.4, -0.2) is 24.0 Å². The highest BCUT2D eigenvalue weighted by molar-refractivity contribution is 5.63. The van der Waals surface area contributed by atoms with E-state index < -0.39 is 0 Å². The molecule has 0 aliphatic carbocycles. The van der Waals surface area contributed by atoms with Gasteiger partial charge in [0.15, 0.2) is 11.5 Å². The number of aryl methyl sites for hydroxylation is 1. The Hall–Kier alpha value is -3.08. The molecule has 0 aliphatic rings. The number of hydrogen-bond acceptors (Lipinski definition) is 4. The van der Waals surface area contributed by atoms with Crippen molar-refractivity contribution < 1.29 is 9.47 Å². The largest absolute Gasteiger partial charge is 0.493 e. The molecule has 0 saturated carbocycles. The lowest BCUT2D eigenvalue weighted by molar-refractivity contribution is 0.355. The maximum Gasteiger partial charge on any atom is 0.267 e. The van der Waals surface area contributed by atoms with Gasteiger partial charge in [-0.3, -0.25) is 4.79 Å². The van der Waals surface area contributed by atoms with E-state index in [-0.39, 0.29) is 5.56 Å². The molecule has 25 heavy (non-hydrogen) atoms. The molecule has 3 rings (SSSR count). The number of aromatic nitrogens is 2. The molecule has 0 spiro atoms. The van der Waals surface area contributed by atoms with Crippen LogP contribution in [0.1, 0.15) is 11.1 Å². The van der Waals surface area contributed by atoms with Gasteiger partial charge in [0.25, 0.3) is 5.56 Å². The van der Waals surface area contributed by atoms with Gasteiger partial charge in [0.1, 0.15) is 0 Å². The molecule has 1 aromatic heterocycles. The van der Waals surface area contributed by atoms with E-state index in [4.69, 9.17) is 9.47 Å². The minimum absolute atomic E-state index is 0.134. The smallest absolute Gasteiger partial charge is 0.267 e. The van der Waals surface area contributed by atoms with Crippen molar-refractivity contribution in [1.29, 1.82) is 0 Å². The molecule has 1 heterocycles. The molecule has 2 aromatic carbocycles. The first-order chi connectivity index (χ1) is 12.1. The highest BCUT2D eigenvalue weighted by Crippen LogP contribution is 2.31. The van der Waals surface area contributed by atoms with Crippen LogP contribution >= 0.6 is 0 Å². The molecule has 0 bridgehead atoms. The van der Waals surface area contributed by atoms with Crippen molar-refractivity contribution in [3.8, 4) is 22.8 Å². The molecule has 0 atom stereocenters. The zero-order valence-corrected chi connectivity index (χ0v) is 14.5. The van der Waals surface area contributed by atoms with Gasteiger partial charge in [0.2, 0.25) is 0 Å². The molecule has 0 aliphatic heterocycles. The first-order valence-electron chi connectivity index (χ1n) is 7.97. The van der Waals surface area contributed by atoms with Crippen LogP contribution in [0.15, 0.2) is 59.4 Å². The normalized spacial score (nSPS) is 10.5. The topological polar surface area (TPSA) is 53.4 Å². The Balaban J connectivity index is 1.98. The Bertz CT molecular complexity index is 948. The fourth-order valence-electron chi connectivity index (χ4n) is 2.70. The van der Waals surface area contributed by atoms with E-state index >= 15 is 0 Å². The van der Waals surface area contributed by atoms with E-state index in [1.807, 2.05) is 43.3 Å². The predicted molar refractivity (Wildman–Crippen MR) is 97.3 cm³/mol. The molecule has 5 heteroatoms. The lowest BCUT2D eigenvalue weighted by atomic mass is 10.1. The first-order valence-corrected chi connectivity index (χ1v) is 7.97. The summed E-state index contributed by atoms with van der Waals surface area (Å²) in [6.07, 6.45) is 0. The molecule has 0 amide bonds. The Morgan fingerprint density at radius 1 is 0.960 bits per heavy atom. The van der Waals surface area contributed by atoms with Crippen LogP contribution in [0.2, 0.25) is 0 Å². The summed E-state index contributed by atoms with van der Waals surface area (Å²) in [6, 6.07) is 16.9. The van der Waals surface area contributed by atoms with Gasteiger partial charge < -0.3 is 9.47 Å². The summed E-state index contributed by atoms with van der Waals surface area (Å²) in [6.45, 7) is 2.46. The van der Waals surface area contributed by atoms with E-state index in [0.29, 0.717) is 23.7 Å². The average Bonchev–Trinajstić information content (AvgIpc) is 2.63. The summed E-state index contributed by atoms with van der Waals surface area (Å²) in [5, 5.41) is 4.51. The minimum Gasteiger partial charge on any atom is -0.493 e. The van der Waals surface area contributed by atoms with E-state index in [9.17, 15) is 4.79 Å². The standard InChI is InChI=1S/C20H20N2O3/c1-14-5-4-6-15(11-14)13-22-20(23)10-8-17(21-22)16-7-9-18(24-2)19(12-16)25-3/h4-12H,13H2,1-3H3. The number of rotatable bonds is 5. The lowest BCUT2D eigenvalue weighted by Gasteiger charge is -2.11. The van der Waals surface area contributed by atoms with E-state index in [1.54, 1.807) is 20.3 Å². The Morgan fingerprint density at radius 2 is 1.76 bits per heavy atom. The highest BCUT2D eigenvalue weighted by Gasteiger charge is 2.09. The van der Waals surface area contributed by atoms with Crippen molar-refractivity contribution in [2.24, 2.45) is 0 Å². The Kier molecular flexibility index (Phi) is 4.84. The number of ether oxygens (including phenoxy) is 2. The summed E-state index contributed by atoms with van der Waals surface area (Å²) in [5.41, 5.74) is 3.62. The lowest BCUT2D eigenvalue weighted by Crippen LogP contribution is -2.22. The van der Waals surface area contributed by atoms with Crippen molar-refractivity contribution >= 4 is 0 Å². The SMILES string of the molecule is COc1ccc(-c2ccc(=O)n(Cc3cccc(C)c3)n2)cc1OC. The van der Waals surface area contributed by atoms with Crippen LogP contribution in [-0.2, 0) is 6.54 Å². The van der Waals surface area contributed by atoms with Crippen molar-refractivity contribution in [2.45, 2.75) is 13.5 Å². The van der Waals surface area contributed by atoms with Crippen molar-refractivity contribution in [2.75, 3.05) is 14.2 Å². The second-order valence-electron chi connectivity index (χ2n) is 5.77. The van der Waals surface area contributed by atoms with Crippen LogP contribution in [0.3, 0.4) is 0 Å². The van der Waals surface area contributed by atoms with Crippen LogP contribution in [0.5, 0.6) is 11.5 Å². The van der Waals surface area contributed by atoms with Gasteiger partial charge in [0.05, 0.1) is 26.5 Å². The number of methoxy groups -OCH3 is 2. The molecule has 0 saturated heterocycles. The fraction of sp³-hybridized carbons (Fsp3) is 0.200. The zero-order valence-electron chi connectivity index (χ0n) is 14.5. The molecule has 0 unspecified atom stereocenters. The third kappa shape index (κ3) is 3.71. The van der Waals surface area contributed by atoms with Gasteiger partial charge >= 0.3 is 0 Å². The first kappa shape index (κ1) is 16.8. The van der Waals surface area contributed by atoms with Crippen molar-refractivity contribution in [3.63, 3.8) is 0 Å². The average molecular weight is 336 g/mol. The summed E-state index contributed by atoms with van der Waals surface area (Å²) in [4.78, 5) is 12.2. The second kappa shape index (κ2) is 7.21. The van der Waals surface area contributed by atoms with Gasteiger partial charge in [0, 0.05) is 11.6 Å². The van der Waals surface area contributed by atoms with Crippen LogP contribution in [0.4, 0.5) is 0 Å². The Morgan fingerprint density at radius 3 is 2.48 bits per heavy atom. The third-order valence-electron chi connectivity index (χ3n) is 3.96. The molecule has 128 valence electrons. The minimum atomic E-state index is -0.134. The molecule has 3 aromatic rings. The van der Waals surface area contributed by atoms with Gasteiger partial charge in [-0.1, -0.05) is 29.8 Å². The predicted octanol–water partition coefficient (Wildman–Crippen LogP) is 3.28. The molecular weight excluding hydrogens is 316 g/mol. The third-order valence-corrected chi connectivity index (χ3v) is 3.96. The van der Waals surface area contributed by atoms with Gasteiger partial charge in [-0.2, -0.15) is 5.10 Å². The van der Waals surface area contributed by atoms with Gasteiger partial charge in [-0.25, -0.2) is 4.68 Å². The Labute approximate surface area is 146 Å². The van der Waals surface area contributed by atoms with Crippen LogP contribution in [0.25, 0.3) is 11.3 Å². The van der Waals surface area contributed by atoms with Crippen LogP contribution < -0.4 is 15.0 Å². The molecular formula is C20H20N2O3. The van der Waals surface area contributed by atoms with E-state index in [2.05, 4.69) is 11.2 Å². The summed E-state index contributed by atoms with van der Waals surface area (Å²) >= 11 is 0. The number of nitrogens with zero attached hydrogens (tertiary/aromatic N) is 2. The summed E-state index contributed by atoms with van der Waals surface area (Å²) < 4.78 is 12.1. The molecule has 5 nitrogen and oxygen atoms in total. The summed E-state index contributed by atoms with van der Waals surface area (Å²) in [7, 11) is 3.19. The highest BCUT2D eigenvalue weighted by atomic mass is 16.5. The van der Waals surface area contributed by atoms with Gasteiger partial charge in [-0.15, -0.1) is 0 Å². The quantitative estimate of drug-likeness (QED) is 0.717.